The molecule has 0 radical (unpaired) electrons. The number of benzene rings is 3. The molecule has 0 aliphatic heterocycles. The largest absolute Gasteiger partial charge is 0.490 e. The molecule has 41 heavy (non-hydrogen) atoms. The molecule has 3 rings (SSSR count). The van der Waals surface area contributed by atoms with Gasteiger partial charge in [-0.2, -0.15) is 5.10 Å². The molecule has 0 unspecified atom stereocenters. The zero-order chi connectivity index (χ0) is 29.7. The number of rotatable bonds is 13. The van der Waals surface area contributed by atoms with Crippen LogP contribution in [0.3, 0.4) is 0 Å². The second kappa shape index (κ2) is 15.6. The third-order valence-corrected chi connectivity index (χ3v) is 5.62. The van der Waals surface area contributed by atoms with Crippen LogP contribution in [0.1, 0.15) is 44.4 Å². The van der Waals surface area contributed by atoms with E-state index in [4.69, 9.17) is 30.5 Å². The van der Waals surface area contributed by atoms with Gasteiger partial charge in [0.05, 0.1) is 26.0 Å². The van der Waals surface area contributed by atoms with E-state index in [-0.39, 0.29) is 13.2 Å². The maximum atomic E-state index is 12.9. The first kappa shape index (κ1) is 31.4. The average Bonchev–Trinajstić information content (AvgIpc) is 2.92. The highest BCUT2D eigenvalue weighted by atomic mass is 35.5. The van der Waals surface area contributed by atoms with Gasteiger partial charge in [0, 0.05) is 5.02 Å². The first-order chi connectivity index (χ1) is 19.6. The van der Waals surface area contributed by atoms with Crippen LogP contribution in [-0.4, -0.2) is 43.1 Å². The van der Waals surface area contributed by atoms with E-state index in [1.54, 1.807) is 51.1 Å². The number of alkyl carbamates (subject to hydrolysis) is 1. The maximum Gasteiger partial charge on any atom is 0.408 e. The monoisotopic (exact) mass is 581 g/mol. The number of ether oxygens (including phenoxy) is 4. The summed E-state index contributed by atoms with van der Waals surface area (Å²) in [6.45, 7) is 8.07. The summed E-state index contributed by atoms with van der Waals surface area (Å²) in [7, 11) is 0. The van der Waals surface area contributed by atoms with Gasteiger partial charge in [-0.25, -0.2) is 10.2 Å². The lowest BCUT2D eigenvalue weighted by molar-refractivity contribution is -0.124. The molecule has 0 aliphatic rings. The Labute approximate surface area is 245 Å². The molecule has 0 bridgehead atoms. The van der Waals surface area contributed by atoms with Gasteiger partial charge < -0.3 is 24.3 Å². The zero-order valence-corrected chi connectivity index (χ0v) is 24.4. The summed E-state index contributed by atoms with van der Waals surface area (Å²) in [6, 6.07) is 21.2. The summed E-state index contributed by atoms with van der Waals surface area (Å²) >= 11 is 5.95. The van der Waals surface area contributed by atoms with Gasteiger partial charge in [-0.15, -0.1) is 0 Å². The summed E-state index contributed by atoms with van der Waals surface area (Å²) in [5, 5.41) is 7.28. The molecule has 0 spiro atoms. The molecule has 9 nitrogen and oxygen atoms in total. The van der Waals surface area contributed by atoms with Crippen molar-refractivity contribution in [1.82, 2.24) is 10.7 Å². The molecule has 3 aromatic rings. The molecule has 0 fully saturated rings. The summed E-state index contributed by atoms with van der Waals surface area (Å²) in [4.78, 5) is 25.3. The number of nitrogens with zero attached hydrogens (tertiary/aromatic N) is 1. The molecule has 0 aromatic heterocycles. The smallest absolute Gasteiger partial charge is 0.408 e. The van der Waals surface area contributed by atoms with Gasteiger partial charge >= 0.3 is 6.09 Å². The predicted molar refractivity (Wildman–Crippen MR) is 158 cm³/mol. The van der Waals surface area contributed by atoms with Gasteiger partial charge in [-0.1, -0.05) is 54.1 Å². The van der Waals surface area contributed by atoms with Crippen molar-refractivity contribution in [2.24, 2.45) is 5.10 Å². The number of halogens is 1. The average molecular weight is 582 g/mol. The van der Waals surface area contributed by atoms with Crippen LogP contribution < -0.4 is 20.2 Å². The summed E-state index contributed by atoms with van der Waals surface area (Å²) in [5.74, 6) is 0.545. The Morgan fingerprint density at radius 1 is 0.927 bits per heavy atom. The minimum Gasteiger partial charge on any atom is -0.490 e. The van der Waals surface area contributed by atoms with Crippen LogP contribution in [0.15, 0.2) is 77.9 Å². The van der Waals surface area contributed by atoms with Crippen LogP contribution in [-0.2, 0) is 27.5 Å². The fourth-order valence-electron chi connectivity index (χ4n) is 3.48. The minimum absolute atomic E-state index is 0.0797. The Morgan fingerprint density at radius 2 is 1.63 bits per heavy atom. The molecule has 10 heteroatoms. The van der Waals surface area contributed by atoms with Crippen LogP contribution >= 0.6 is 11.6 Å². The van der Waals surface area contributed by atoms with Crippen molar-refractivity contribution in [2.45, 2.75) is 52.6 Å². The van der Waals surface area contributed by atoms with Gasteiger partial charge in [0.1, 0.15) is 18.2 Å². The Kier molecular flexibility index (Phi) is 12.0. The van der Waals surface area contributed by atoms with Crippen molar-refractivity contribution in [3.8, 4) is 11.5 Å². The van der Waals surface area contributed by atoms with Crippen molar-refractivity contribution in [2.75, 3.05) is 13.2 Å². The zero-order valence-electron chi connectivity index (χ0n) is 23.7. The number of carbonyl (C=O) groups excluding carboxylic acids is 2. The predicted octanol–water partition coefficient (Wildman–Crippen LogP) is 5.88. The molecule has 0 heterocycles. The quantitative estimate of drug-likeness (QED) is 0.193. The molecule has 0 saturated carbocycles. The van der Waals surface area contributed by atoms with Gasteiger partial charge in [-0.3, -0.25) is 4.79 Å². The van der Waals surface area contributed by atoms with E-state index in [0.717, 1.165) is 11.1 Å². The fraction of sp³-hybridized carbons (Fsp3) is 0.323. The SMILES string of the molecule is CCOc1cc(/C=N\NC(=O)[C@H](COCc2ccccc2)NC(=O)OC(C)(C)C)ccc1OCc1ccc(Cl)cc1. The van der Waals surface area contributed by atoms with Crippen molar-refractivity contribution in [1.29, 1.82) is 0 Å². The topological polar surface area (TPSA) is 107 Å². The van der Waals surface area contributed by atoms with Crippen LogP contribution in [0.4, 0.5) is 4.79 Å². The molecule has 218 valence electrons. The van der Waals surface area contributed by atoms with Gasteiger partial charge in [-0.05, 0) is 74.7 Å². The lowest BCUT2D eigenvalue weighted by atomic mass is 10.2. The lowest BCUT2D eigenvalue weighted by Crippen LogP contribution is -2.49. The second-order valence-corrected chi connectivity index (χ2v) is 10.4. The van der Waals surface area contributed by atoms with Crippen molar-refractivity contribution in [3.63, 3.8) is 0 Å². The van der Waals surface area contributed by atoms with Crippen LogP contribution in [0.2, 0.25) is 5.02 Å². The normalized spacial score (nSPS) is 12.0. The molecule has 2 N–H and O–H groups in total. The van der Waals surface area contributed by atoms with Crippen LogP contribution in [0.5, 0.6) is 11.5 Å². The number of hydrogen-bond donors (Lipinski definition) is 2. The van der Waals surface area contributed by atoms with E-state index in [0.29, 0.717) is 35.3 Å². The van der Waals surface area contributed by atoms with Crippen LogP contribution in [0, 0.1) is 0 Å². The third kappa shape index (κ3) is 11.5. The first-order valence-electron chi connectivity index (χ1n) is 13.2. The van der Waals surface area contributed by atoms with E-state index in [1.165, 1.54) is 6.21 Å². The van der Waals surface area contributed by atoms with Crippen molar-refractivity contribution < 1.29 is 28.5 Å². The van der Waals surface area contributed by atoms with E-state index < -0.39 is 23.6 Å². The summed E-state index contributed by atoms with van der Waals surface area (Å²) in [6.07, 6.45) is 0.735. The molecule has 3 aromatic carbocycles. The Hall–Kier alpha value is -4.08. The Bertz CT molecular complexity index is 1290. The summed E-state index contributed by atoms with van der Waals surface area (Å²) in [5.41, 5.74) is 4.31. The van der Waals surface area contributed by atoms with E-state index >= 15 is 0 Å². The van der Waals surface area contributed by atoms with Gasteiger partial charge in [0.2, 0.25) is 0 Å². The third-order valence-electron chi connectivity index (χ3n) is 5.37. The highest BCUT2D eigenvalue weighted by Crippen LogP contribution is 2.29. The van der Waals surface area contributed by atoms with Gasteiger partial charge in [0.15, 0.2) is 11.5 Å². The minimum atomic E-state index is -1.03. The van der Waals surface area contributed by atoms with Gasteiger partial charge in [0.25, 0.3) is 5.91 Å². The standard InChI is InChI=1S/C31H36ClN3O6/c1-5-39-28-17-24(13-16-27(28)40-20-23-11-14-25(32)15-12-23)18-33-35-29(36)26(34-30(37)41-31(2,3)4)21-38-19-22-9-7-6-8-10-22/h6-18,26H,5,19-21H2,1-4H3,(H,34,37)(H,35,36)/b33-18-/t26-/m0/s1. The Balaban J connectivity index is 1.62. The van der Waals surface area contributed by atoms with E-state index in [9.17, 15) is 9.59 Å². The lowest BCUT2D eigenvalue weighted by Gasteiger charge is -2.22. The molecular weight excluding hydrogens is 546 g/mol. The number of hydrogen-bond acceptors (Lipinski definition) is 7. The summed E-state index contributed by atoms with van der Waals surface area (Å²) < 4.78 is 22.7. The number of carbonyl (C=O) groups is 2. The van der Waals surface area contributed by atoms with Crippen molar-refractivity contribution in [3.05, 3.63) is 94.5 Å². The highest BCUT2D eigenvalue weighted by Gasteiger charge is 2.24. The number of hydrazone groups is 1. The first-order valence-corrected chi connectivity index (χ1v) is 13.6. The number of amides is 2. The Morgan fingerprint density at radius 3 is 2.32 bits per heavy atom. The molecule has 1 atom stereocenters. The van der Waals surface area contributed by atoms with E-state index in [2.05, 4.69) is 15.8 Å². The van der Waals surface area contributed by atoms with Crippen molar-refractivity contribution >= 4 is 29.8 Å². The molecule has 0 aliphatic carbocycles. The van der Waals surface area contributed by atoms with E-state index in [1.807, 2.05) is 49.4 Å². The van der Waals surface area contributed by atoms with Crippen LogP contribution in [0.25, 0.3) is 0 Å². The maximum absolute atomic E-state index is 12.9. The molecular formula is C31H36ClN3O6. The fourth-order valence-corrected chi connectivity index (χ4v) is 3.61. The number of nitrogens with one attached hydrogen (secondary N) is 2. The highest BCUT2D eigenvalue weighted by molar-refractivity contribution is 6.30. The second-order valence-electron chi connectivity index (χ2n) is 9.99. The molecule has 0 saturated heterocycles. The molecule has 2 amide bonds.